The van der Waals surface area contributed by atoms with Crippen LogP contribution in [0, 0.1) is 0 Å². The molecule has 3 rings (SSSR count). The number of nitrogens with one attached hydrogen (secondary N) is 1. The van der Waals surface area contributed by atoms with Crippen LogP contribution in [0.2, 0.25) is 0 Å². The molecule has 2 aromatic heterocycles. The number of nitrogens with zero attached hydrogens (tertiary/aromatic N) is 4. The van der Waals surface area contributed by atoms with E-state index < -0.39 is 12.2 Å². The number of aromatic amines is 1. The molecule has 0 aliphatic carbocycles. The highest BCUT2D eigenvalue weighted by atomic mass is 19.3. The number of hydrogen-bond donors (Lipinski definition) is 1. The molecule has 18 heavy (non-hydrogen) atoms. The lowest BCUT2D eigenvalue weighted by Gasteiger charge is -2.26. The van der Waals surface area contributed by atoms with Crippen molar-refractivity contribution in [2.45, 2.75) is 25.8 Å². The number of fused-ring (bicyclic) bond motifs is 1. The van der Waals surface area contributed by atoms with E-state index in [1.165, 1.54) is 0 Å². The van der Waals surface area contributed by atoms with Crippen LogP contribution in [0.25, 0.3) is 0 Å². The molecular formula is C10H11F2N5O. The Morgan fingerprint density at radius 2 is 2.39 bits per heavy atom. The molecule has 6 nitrogen and oxygen atoms in total. The minimum Gasteiger partial charge on any atom is -0.359 e. The average Bonchev–Trinajstić information content (AvgIpc) is 2.97. The van der Waals surface area contributed by atoms with Gasteiger partial charge in [-0.1, -0.05) is 5.16 Å². The number of aryl methyl sites for hydroxylation is 1. The first-order valence-electron chi connectivity index (χ1n) is 5.62. The van der Waals surface area contributed by atoms with Gasteiger partial charge in [0.1, 0.15) is 0 Å². The molecule has 8 heteroatoms. The lowest BCUT2D eigenvalue weighted by molar-refractivity contribution is 0.136. The quantitative estimate of drug-likeness (QED) is 0.903. The Kier molecular flexibility index (Phi) is 2.69. The van der Waals surface area contributed by atoms with Gasteiger partial charge in [0.25, 0.3) is 0 Å². The highest BCUT2D eigenvalue weighted by Gasteiger charge is 2.22. The van der Waals surface area contributed by atoms with E-state index in [4.69, 9.17) is 4.52 Å². The minimum absolute atomic E-state index is 0.194. The van der Waals surface area contributed by atoms with Crippen molar-refractivity contribution in [2.75, 3.05) is 11.4 Å². The molecule has 0 bridgehead atoms. The number of rotatable bonds is 3. The van der Waals surface area contributed by atoms with E-state index in [2.05, 4.69) is 20.3 Å². The molecule has 0 spiro atoms. The highest BCUT2D eigenvalue weighted by molar-refractivity contribution is 5.50. The summed E-state index contributed by atoms with van der Waals surface area (Å²) in [6, 6.07) is 0. The van der Waals surface area contributed by atoms with Gasteiger partial charge in [0.15, 0.2) is 0 Å². The van der Waals surface area contributed by atoms with Crippen LogP contribution < -0.4 is 4.90 Å². The fourth-order valence-electron chi connectivity index (χ4n) is 2.08. The Morgan fingerprint density at radius 3 is 3.17 bits per heavy atom. The van der Waals surface area contributed by atoms with Crippen molar-refractivity contribution in [3.8, 4) is 0 Å². The van der Waals surface area contributed by atoms with Crippen LogP contribution >= 0.6 is 0 Å². The molecule has 0 aromatic carbocycles. The van der Waals surface area contributed by atoms with E-state index >= 15 is 0 Å². The lowest BCUT2D eigenvalue weighted by Crippen LogP contribution is -2.28. The van der Waals surface area contributed by atoms with Crippen LogP contribution in [0.1, 0.15) is 30.3 Å². The first kappa shape index (κ1) is 11.1. The molecule has 0 radical (unpaired) electrons. The summed E-state index contributed by atoms with van der Waals surface area (Å²) in [4.78, 5) is 5.65. The molecule has 0 saturated carbocycles. The molecule has 2 aromatic rings. The van der Waals surface area contributed by atoms with Gasteiger partial charge in [-0.2, -0.15) is 10.1 Å². The largest absolute Gasteiger partial charge is 0.359 e. The van der Waals surface area contributed by atoms with Gasteiger partial charge in [-0.25, -0.2) is 8.78 Å². The molecular weight excluding hydrogens is 244 g/mol. The maximum atomic E-state index is 12.3. The van der Waals surface area contributed by atoms with Crippen molar-refractivity contribution >= 4 is 5.69 Å². The molecule has 1 aliphatic rings. The zero-order chi connectivity index (χ0) is 12.5. The van der Waals surface area contributed by atoms with Crippen molar-refractivity contribution in [3.05, 3.63) is 23.6 Å². The van der Waals surface area contributed by atoms with E-state index in [9.17, 15) is 8.78 Å². The summed E-state index contributed by atoms with van der Waals surface area (Å²) < 4.78 is 29.5. The normalized spacial score (nSPS) is 15.2. The predicted octanol–water partition coefficient (Wildman–Crippen LogP) is 1.68. The fourth-order valence-corrected chi connectivity index (χ4v) is 2.08. The van der Waals surface area contributed by atoms with Gasteiger partial charge >= 0.3 is 6.43 Å². The summed E-state index contributed by atoms with van der Waals surface area (Å²) in [6.45, 7) is 1.14. The highest BCUT2D eigenvalue weighted by Crippen LogP contribution is 2.26. The van der Waals surface area contributed by atoms with E-state index in [1.54, 1.807) is 6.20 Å². The third-order valence-electron chi connectivity index (χ3n) is 2.90. The fraction of sp³-hybridized carbons (Fsp3) is 0.500. The maximum absolute atomic E-state index is 12.3. The molecule has 1 N–H and O–H groups in total. The van der Waals surface area contributed by atoms with Gasteiger partial charge in [0.05, 0.1) is 24.1 Å². The topological polar surface area (TPSA) is 70.8 Å². The van der Waals surface area contributed by atoms with Crippen molar-refractivity contribution in [3.63, 3.8) is 0 Å². The predicted molar refractivity (Wildman–Crippen MR) is 57.2 cm³/mol. The average molecular weight is 255 g/mol. The summed E-state index contributed by atoms with van der Waals surface area (Å²) in [6.07, 6.45) is 0.940. The van der Waals surface area contributed by atoms with Gasteiger partial charge in [0.2, 0.25) is 11.7 Å². The van der Waals surface area contributed by atoms with Crippen molar-refractivity contribution in [1.82, 2.24) is 20.3 Å². The Bertz CT molecular complexity index is 538. The Balaban J connectivity index is 1.77. The first-order valence-corrected chi connectivity index (χ1v) is 5.62. The Hall–Kier alpha value is -1.99. The number of alkyl halides is 2. The molecule has 96 valence electrons. The van der Waals surface area contributed by atoms with Crippen molar-refractivity contribution in [1.29, 1.82) is 0 Å². The number of aromatic nitrogens is 4. The number of H-pyrrole nitrogens is 1. The van der Waals surface area contributed by atoms with Gasteiger partial charge in [-0.05, 0) is 12.8 Å². The molecule has 1 aliphatic heterocycles. The lowest BCUT2D eigenvalue weighted by atomic mass is 10.1. The molecule has 0 atom stereocenters. The second kappa shape index (κ2) is 4.35. The van der Waals surface area contributed by atoms with Gasteiger partial charge in [-0.3, -0.25) is 5.10 Å². The third-order valence-corrected chi connectivity index (χ3v) is 2.90. The van der Waals surface area contributed by atoms with Crippen LogP contribution in [-0.4, -0.2) is 26.9 Å². The maximum Gasteiger partial charge on any atom is 0.300 e. The molecule has 0 unspecified atom stereocenters. The summed E-state index contributed by atoms with van der Waals surface area (Å²) >= 11 is 0. The van der Waals surface area contributed by atoms with E-state index in [0.29, 0.717) is 6.54 Å². The monoisotopic (exact) mass is 255 g/mol. The second-order valence-corrected chi connectivity index (χ2v) is 4.11. The van der Waals surface area contributed by atoms with E-state index in [-0.39, 0.29) is 5.89 Å². The summed E-state index contributed by atoms with van der Waals surface area (Å²) in [5.74, 6) is -0.367. The molecule has 0 saturated heterocycles. The third kappa shape index (κ3) is 1.93. The first-order chi connectivity index (χ1) is 8.74. The second-order valence-electron chi connectivity index (χ2n) is 4.11. The van der Waals surface area contributed by atoms with Crippen molar-refractivity contribution < 1.29 is 13.3 Å². The zero-order valence-electron chi connectivity index (χ0n) is 9.44. The molecule has 0 fully saturated rings. The molecule has 3 heterocycles. The Morgan fingerprint density at radius 1 is 1.50 bits per heavy atom. The minimum atomic E-state index is -2.70. The van der Waals surface area contributed by atoms with Crippen LogP contribution in [0.4, 0.5) is 14.5 Å². The van der Waals surface area contributed by atoms with Crippen LogP contribution in [0.5, 0.6) is 0 Å². The van der Waals surface area contributed by atoms with Crippen molar-refractivity contribution in [2.24, 2.45) is 0 Å². The number of anilines is 1. The number of hydrogen-bond acceptors (Lipinski definition) is 5. The van der Waals surface area contributed by atoms with Crippen LogP contribution in [0.15, 0.2) is 10.7 Å². The smallest absolute Gasteiger partial charge is 0.300 e. The molecule has 0 amide bonds. The van der Waals surface area contributed by atoms with Crippen LogP contribution in [-0.2, 0) is 13.0 Å². The SMILES string of the molecule is FC(F)c1noc(CN2CCCc3[nH]ncc32)n1. The standard InChI is InChI=1S/C10H11F2N5O/c11-9(12)10-14-8(18-16-10)5-17-3-1-2-6-7(17)4-13-15-6/h4,9H,1-3,5H2,(H,13,15). The number of halogens is 2. The van der Waals surface area contributed by atoms with E-state index in [0.717, 1.165) is 30.8 Å². The summed E-state index contributed by atoms with van der Waals surface area (Å²) in [7, 11) is 0. The van der Waals surface area contributed by atoms with Gasteiger partial charge in [-0.15, -0.1) is 0 Å². The summed E-state index contributed by atoms with van der Waals surface area (Å²) in [5, 5.41) is 10.1. The van der Waals surface area contributed by atoms with Crippen LogP contribution in [0.3, 0.4) is 0 Å². The zero-order valence-corrected chi connectivity index (χ0v) is 9.44. The van der Waals surface area contributed by atoms with E-state index in [1.807, 2.05) is 4.90 Å². The van der Waals surface area contributed by atoms with Gasteiger partial charge in [0, 0.05) is 6.54 Å². The Labute approximate surface area is 101 Å². The summed E-state index contributed by atoms with van der Waals surface area (Å²) in [5.41, 5.74) is 2.02. The van der Waals surface area contributed by atoms with Gasteiger partial charge < -0.3 is 9.42 Å².